The number of benzene rings is 2. The molecular weight excluding hydrogens is 379 g/mol. The highest BCUT2D eigenvalue weighted by atomic mass is 35.5. The summed E-state index contributed by atoms with van der Waals surface area (Å²) in [6, 6.07) is 12.0. The van der Waals surface area contributed by atoms with Gasteiger partial charge in [-0.05, 0) is 42.3 Å². The van der Waals surface area contributed by atoms with Crippen molar-refractivity contribution < 1.29 is 4.79 Å². The molecule has 1 atom stereocenters. The third kappa shape index (κ3) is 2.76. The molecule has 5 heteroatoms. The third-order valence-electron chi connectivity index (χ3n) is 5.85. The maximum absolute atomic E-state index is 12.4. The predicted octanol–water partition coefficient (Wildman–Crippen LogP) is 5.33. The molecule has 1 fully saturated rings. The highest BCUT2D eigenvalue weighted by Gasteiger charge is 2.57. The Morgan fingerprint density at radius 1 is 1.15 bits per heavy atom. The van der Waals surface area contributed by atoms with Crippen LogP contribution in [0.2, 0.25) is 10.0 Å². The predicted molar refractivity (Wildman–Crippen MR) is 113 cm³/mol. The molecule has 1 saturated heterocycles. The Morgan fingerprint density at radius 3 is 2.67 bits per heavy atom. The second-order valence-electron chi connectivity index (χ2n) is 7.86. The lowest BCUT2D eigenvalue weighted by atomic mass is 9.74. The van der Waals surface area contributed by atoms with E-state index in [0.29, 0.717) is 23.0 Å². The molecule has 3 nitrogen and oxygen atoms in total. The molecule has 1 unspecified atom stereocenters. The van der Waals surface area contributed by atoms with Crippen molar-refractivity contribution in [2.24, 2.45) is 0 Å². The van der Waals surface area contributed by atoms with Crippen LogP contribution in [0.3, 0.4) is 0 Å². The summed E-state index contributed by atoms with van der Waals surface area (Å²) < 4.78 is 0. The van der Waals surface area contributed by atoms with E-state index in [9.17, 15) is 4.79 Å². The van der Waals surface area contributed by atoms with Crippen LogP contribution >= 0.6 is 23.2 Å². The fourth-order valence-corrected chi connectivity index (χ4v) is 4.79. The van der Waals surface area contributed by atoms with Gasteiger partial charge in [-0.1, -0.05) is 66.9 Å². The number of fused-ring (bicyclic) bond motifs is 3. The zero-order chi connectivity index (χ0) is 19.4. The number of hydrogen-bond acceptors (Lipinski definition) is 2. The quantitative estimate of drug-likeness (QED) is 0.738. The normalized spacial score (nSPS) is 23.3. The van der Waals surface area contributed by atoms with E-state index in [4.69, 9.17) is 23.2 Å². The molecule has 27 heavy (non-hydrogen) atoms. The summed E-state index contributed by atoms with van der Waals surface area (Å²) in [5.41, 5.74) is 3.57. The van der Waals surface area contributed by atoms with Crippen molar-refractivity contribution in [3.05, 3.63) is 69.2 Å². The molecular formula is C22H22Cl2N2O. The molecule has 1 N–H and O–H groups in total. The Labute approximate surface area is 170 Å². The van der Waals surface area contributed by atoms with E-state index in [0.717, 1.165) is 5.56 Å². The molecule has 2 heterocycles. The Kier molecular flexibility index (Phi) is 4.28. The molecule has 0 spiro atoms. The second kappa shape index (κ2) is 6.29. The third-order valence-corrected chi connectivity index (χ3v) is 6.42. The van der Waals surface area contributed by atoms with Crippen LogP contribution in [0.25, 0.3) is 6.08 Å². The smallest absolute Gasteiger partial charge is 0.223 e. The molecule has 2 aliphatic heterocycles. The Hall–Kier alpha value is -1.97. The maximum Gasteiger partial charge on any atom is 0.223 e. The number of carbonyl (C=O) groups is 1. The van der Waals surface area contributed by atoms with Crippen LogP contribution in [0, 0.1) is 6.92 Å². The minimum Gasteiger partial charge on any atom is -0.344 e. The zero-order valence-electron chi connectivity index (χ0n) is 15.6. The van der Waals surface area contributed by atoms with Gasteiger partial charge >= 0.3 is 0 Å². The van der Waals surface area contributed by atoms with Crippen molar-refractivity contribution in [2.75, 3.05) is 11.4 Å². The van der Waals surface area contributed by atoms with Crippen LogP contribution < -0.4 is 10.2 Å². The Balaban J connectivity index is 1.86. The highest BCUT2D eigenvalue weighted by molar-refractivity contribution is 6.35. The van der Waals surface area contributed by atoms with Gasteiger partial charge in [-0.25, -0.2) is 0 Å². The summed E-state index contributed by atoms with van der Waals surface area (Å²) in [6.07, 6.45) is 4.55. The minimum absolute atomic E-state index is 0.0655. The van der Waals surface area contributed by atoms with Crippen molar-refractivity contribution in [1.29, 1.82) is 0 Å². The summed E-state index contributed by atoms with van der Waals surface area (Å²) in [7, 11) is 0. The largest absolute Gasteiger partial charge is 0.344 e. The van der Waals surface area contributed by atoms with Gasteiger partial charge in [-0.15, -0.1) is 0 Å². The average Bonchev–Trinajstić information content (AvgIpc) is 2.78. The van der Waals surface area contributed by atoms with Crippen LogP contribution in [-0.2, 0) is 10.2 Å². The summed E-state index contributed by atoms with van der Waals surface area (Å²) in [5, 5.41) is 4.48. The van der Waals surface area contributed by atoms with Gasteiger partial charge in [-0.3, -0.25) is 4.79 Å². The Morgan fingerprint density at radius 2 is 1.93 bits per heavy atom. The van der Waals surface area contributed by atoms with Crippen molar-refractivity contribution in [1.82, 2.24) is 5.32 Å². The first-order chi connectivity index (χ1) is 12.7. The number of amides is 1. The standard InChI is InChI=1S/C22H22Cl2N2O/c1-14-4-7-19-17(12-14)21(2,3)22(25-20(27)9-11-26(19)22)10-8-15-5-6-16(23)13-18(15)24/h4-8,10,12-13H,9,11H2,1-3H3,(H,25,27). The highest BCUT2D eigenvalue weighted by Crippen LogP contribution is 2.52. The number of halogens is 2. The Bertz CT molecular complexity index is 967. The van der Waals surface area contributed by atoms with E-state index in [-0.39, 0.29) is 11.3 Å². The molecule has 140 valence electrons. The monoisotopic (exact) mass is 400 g/mol. The van der Waals surface area contributed by atoms with E-state index in [1.54, 1.807) is 6.07 Å². The van der Waals surface area contributed by atoms with Crippen LogP contribution in [0.5, 0.6) is 0 Å². The van der Waals surface area contributed by atoms with E-state index in [1.165, 1.54) is 16.8 Å². The van der Waals surface area contributed by atoms with Crippen LogP contribution in [-0.4, -0.2) is 18.1 Å². The summed E-state index contributed by atoms with van der Waals surface area (Å²) in [5.74, 6) is 0.0655. The molecule has 0 aliphatic carbocycles. The molecule has 2 aliphatic rings. The maximum atomic E-state index is 12.4. The molecule has 2 aromatic carbocycles. The van der Waals surface area contributed by atoms with Crippen LogP contribution in [0.4, 0.5) is 5.69 Å². The molecule has 0 aromatic heterocycles. The zero-order valence-corrected chi connectivity index (χ0v) is 17.2. The molecule has 0 radical (unpaired) electrons. The second-order valence-corrected chi connectivity index (χ2v) is 8.70. The van der Waals surface area contributed by atoms with Crippen LogP contribution in [0.1, 0.15) is 37.0 Å². The topological polar surface area (TPSA) is 32.3 Å². The summed E-state index contributed by atoms with van der Waals surface area (Å²) in [4.78, 5) is 14.7. The average molecular weight is 401 g/mol. The number of nitrogens with zero attached hydrogens (tertiary/aromatic N) is 1. The fraction of sp³-hybridized carbons (Fsp3) is 0.318. The summed E-state index contributed by atoms with van der Waals surface area (Å²) in [6.45, 7) is 7.15. The summed E-state index contributed by atoms with van der Waals surface area (Å²) >= 11 is 12.4. The van der Waals surface area contributed by atoms with Crippen molar-refractivity contribution in [2.45, 2.75) is 38.3 Å². The molecule has 4 rings (SSSR count). The number of carbonyl (C=O) groups excluding carboxylic acids is 1. The molecule has 0 bridgehead atoms. The van der Waals surface area contributed by atoms with E-state index >= 15 is 0 Å². The molecule has 0 saturated carbocycles. The van der Waals surface area contributed by atoms with Gasteiger partial charge < -0.3 is 10.2 Å². The van der Waals surface area contributed by atoms with Gasteiger partial charge in [0.05, 0.1) is 0 Å². The van der Waals surface area contributed by atoms with E-state index < -0.39 is 5.66 Å². The minimum atomic E-state index is -0.637. The van der Waals surface area contributed by atoms with Crippen molar-refractivity contribution in [3.63, 3.8) is 0 Å². The van der Waals surface area contributed by atoms with E-state index in [1.807, 2.05) is 18.2 Å². The number of hydrogen-bond donors (Lipinski definition) is 1. The number of nitrogens with one attached hydrogen (secondary N) is 1. The first kappa shape index (κ1) is 18.4. The lowest BCUT2D eigenvalue weighted by molar-refractivity contribution is -0.124. The molecule has 2 aromatic rings. The van der Waals surface area contributed by atoms with Gasteiger partial charge in [-0.2, -0.15) is 0 Å². The lowest BCUT2D eigenvalue weighted by Gasteiger charge is -2.49. The van der Waals surface area contributed by atoms with Gasteiger partial charge in [0, 0.05) is 34.1 Å². The number of aryl methyl sites for hydroxylation is 1. The van der Waals surface area contributed by atoms with Crippen molar-refractivity contribution >= 4 is 40.9 Å². The number of rotatable bonds is 2. The van der Waals surface area contributed by atoms with Crippen LogP contribution in [0.15, 0.2) is 42.5 Å². The molecule has 1 amide bonds. The lowest BCUT2D eigenvalue weighted by Crippen LogP contribution is -2.68. The van der Waals surface area contributed by atoms with Gasteiger partial charge in [0.25, 0.3) is 0 Å². The van der Waals surface area contributed by atoms with E-state index in [2.05, 4.69) is 55.3 Å². The first-order valence-electron chi connectivity index (χ1n) is 9.09. The van der Waals surface area contributed by atoms with Gasteiger partial charge in [0.15, 0.2) is 0 Å². The van der Waals surface area contributed by atoms with Crippen molar-refractivity contribution in [3.8, 4) is 0 Å². The number of anilines is 1. The first-order valence-corrected chi connectivity index (χ1v) is 9.84. The van der Waals surface area contributed by atoms with Gasteiger partial charge in [0.1, 0.15) is 5.66 Å². The SMILES string of the molecule is Cc1ccc2c(c1)C(C)(C)C1(C=Cc3ccc(Cl)cc3Cl)NC(=O)CCN21. The van der Waals surface area contributed by atoms with Gasteiger partial charge in [0.2, 0.25) is 5.91 Å². The fourth-order valence-electron chi connectivity index (χ4n) is 4.31.